The van der Waals surface area contributed by atoms with Gasteiger partial charge in [0.2, 0.25) is 0 Å². The molecule has 0 radical (unpaired) electrons. The molecule has 0 saturated heterocycles. The van der Waals surface area contributed by atoms with Gasteiger partial charge in [-0.2, -0.15) is 0 Å². The fraction of sp³-hybridized carbons (Fsp3) is 0.550. The SMILES string of the molecule is CC(C=N)CCn1c2c(c3ccccc31)CN(C(C)(C)C)CC2. The maximum atomic E-state index is 7.44. The van der Waals surface area contributed by atoms with Gasteiger partial charge in [-0.05, 0) is 51.0 Å². The van der Waals surface area contributed by atoms with Gasteiger partial charge in [-0.25, -0.2) is 0 Å². The van der Waals surface area contributed by atoms with Crippen molar-refractivity contribution in [3.8, 4) is 0 Å². The molecule has 1 atom stereocenters. The Morgan fingerprint density at radius 3 is 2.70 bits per heavy atom. The number of fused-ring (bicyclic) bond motifs is 3. The minimum Gasteiger partial charge on any atom is -0.344 e. The highest BCUT2D eigenvalue weighted by Gasteiger charge is 2.29. The molecule has 0 amide bonds. The topological polar surface area (TPSA) is 32.0 Å². The number of hydrogen-bond acceptors (Lipinski definition) is 2. The van der Waals surface area contributed by atoms with Gasteiger partial charge in [0.1, 0.15) is 0 Å². The van der Waals surface area contributed by atoms with Crippen LogP contribution >= 0.6 is 0 Å². The highest BCUT2D eigenvalue weighted by Crippen LogP contribution is 2.33. The zero-order valence-corrected chi connectivity index (χ0v) is 14.9. The summed E-state index contributed by atoms with van der Waals surface area (Å²) in [6.45, 7) is 12.3. The lowest BCUT2D eigenvalue weighted by Crippen LogP contribution is -2.44. The van der Waals surface area contributed by atoms with Crippen LogP contribution in [0, 0.1) is 11.3 Å². The van der Waals surface area contributed by atoms with Crippen LogP contribution in [0.3, 0.4) is 0 Å². The van der Waals surface area contributed by atoms with Gasteiger partial charge in [-0.1, -0.05) is 25.1 Å². The standard InChI is InChI=1S/C20H29N3/c1-15(13-21)9-12-23-18-8-6-5-7-16(18)17-14-22(20(2,3)4)11-10-19(17)23/h5-8,13,15,21H,9-12,14H2,1-4H3. The molecular formula is C20H29N3. The van der Waals surface area contributed by atoms with Crippen LogP contribution < -0.4 is 0 Å². The lowest BCUT2D eigenvalue weighted by Gasteiger charge is -2.38. The molecule has 124 valence electrons. The summed E-state index contributed by atoms with van der Waals surface area (Å²) in [6, 6.07) is 8.83. The third-order valence-electron chi connectivity index (χ3n) is 5.20. The average Bonchev–Trinajstić information content (AvgIpc) is 2.85. The van der Waals surface area contributed by atoms with E-state index < -0.39 is 0 Å². The Kier molecular flexibility index (Phi) is 4.33. The average molecular weight is 311 g/mol. The summed E-state index contributed by atoms with van der Waals surface area (Å²) in [5.74, 6) is 0.349. The molecule has 3 heteroatoms. The van der Waals surface area contributed by atoms with E-state index in [4.69, 9.17) is 5.41 Å². The first kappa shape index (κ1) is 16.3. The van der Waals surface area contributed by atoms with Crippen molar-refractivity contribution < 1.29 is 0 Å². The molecule has 0 aliphatic carbocycles. The van der Waals surface area contributed by atoms with E-state index in [-0.39, 0.29) is 5.54 Å². The van der Waals surface area contributed by atoms with Gasteiger partial charge in [-0.3, -0.25) is 4.90 Å². The first-order valence-corrected chi connectivity index (χ1v) is 8.76. The third kappa shape index (κ3) is 3.07. The van der Waals surface area contributed by atoms with E-state index in [1.54, 1.807) is 6.21 Å². The maximum Gasteiger partial charge on any atom is 0.0485 e. The Morgan fingerprint density at radius 2 is 2.00 bits per heavy atom. The van der Waals surface area contributed by atoms with Gasteiger partial charge in [0.05, 0.1) is 0 Å². The Labute approximate surface area is 139 Å². The Hall–Kier alpha value is -1.61. The molecule has 0 saturated carbocycles. The monoisotopic (exact) mass is 311 g/mol. The molecular weight excluding hydrogens is 282 g/mol. The summed E-state index contributed by atoms with van der Waals surface area (Å²) in [6.07, 6.45) is 3.73. The molecule has 23 heavy (non-hydrogen) atoms. The molecule has 1 N–H and O–H groups in total. The number of benzene rings is 1. The molecule has 0 spiro atoms. The predicted octanol–water partition coefficient (Wildman–Crippen LogP) is 4.47. The first-order valence-electron chi connectivity index (χ1n) is 8.76. The van der Waals surface area contributed by atoms with Crippen molar-refractivity contribution in [1.29, 1.82) is 5.41 Å². The van der Waals surface area contributed by atoms with Gasteiger partial charge in [0.15, 0.2) is 0 Å². The molecule has 0 bridgehead atoms. The fourth-order valence-electron chi connectivity index (χ4n) is 3.65. The van der Waals surface area contributed by atoms with E-state index >= 15 is 0 Å². The van der Waals surface area contributed by atoms with Crippen LogP contribution in [-0.4, -0.2) is 27.8 Å². The van der Waals surface area contributed by atoms with Crippen LogP contribution in [0.15, 0.2) is 24.3 Å². The van der Waals surface area contributed by atoms with Crippen LogP contribution in [0.4, 0.5) is 0 Å². The molecule has 1 aliphatic rings. The van der Waals surface area contributed by atoms with Crippen molar-refractivity contribution in [3.63, 3.8) is 0 Å². The van der Waals surface area contributed by atoms with E-state index in [9.17, 15) is 0 Å². The number of rotatable bonds is 4. The second kappa shape index (κ2) is 6.12. The molecule has 1 aromatic carbocycles. The van der Waals surface area contributed by atoms with Crippen LogP contribution in [0.2, 0.25) is 0 Å². The predicted molar refractivity (Wildman–Crippen MR) is 98.4 cm³/mol. The molecule has 2 aromatic rings. The van der Waals surface area contributed by atoms with Crippen molar-refractivity contribution in [2.24, 2.45) is 5.92 Å². The minimum atomic E-state index is 0.218. The molecule has 3 rings (SSSR count). The summed E-state index contributed by atoms with van der Waals surface area (Å²) in [5, 5.41) is 8.86. The number of nitrogens with one attached hydrogen (secondary N) is 1. The maximum absolute atomic E-state index is 7.44. The molecule has 1 unspecified atom stereocenters. The van der Waals surface area contributed by atoms with E-state index in [0.717, 1.165) is 32.5 Å². The third-order valence-corrected chi connectivity index (χ3v) is 5.20. The van der Waals surface area contributed by atoms with Crippen LogP contribution in [0.5, 0.6) is 0 Å². The summed E-state index contributed by atoms with van der Waals surface area (Å²) in [4.78, 5) is 2.59. The Morgan fingerprint density at radius 1 is 1.26 bits per heavy atom. The van der Waals surface area contributed by atoms with Crippen LogP contribution in [0.1, 0.15) is 45.4 Å². The molecule has 2 heterocycles. The molecule has 1 aromatic heterocycles. The van der Waals surface area contributed by atoms with Crippen molar-refractivity contribution in [2.75, 3.05) is 6.54 Å². The Balaban J connectivity index is 2.01. The number of aromatic nitrogens is 1. The summed E-state index contributed by atoms with van der Waals surface area (Å²) < 4.78 is 2.52. The van der Waals surface area contributed by atoms with Crippen LogP contribution in [0.25, 0.3) is 10.9 Å². The van der Waals surface area contributed by atoms with Crippen LogP contribution in [-0.2, 0) is 19.5 Å². The summed E-state index contributed by atoms with van der Waals surface area (Å²) in [5.41, 5.74) is 4.62. The van der Waals surface area contributed by atoms with E-state index in [1.807, 2.05) is 0 Å². The zero-order chi connectivity index (χ0) is 16.6. The van der Waals surface area contributed by atoms with E-state index in [1.165, 1.54) is 22.2 Å². The molecule has 3 nitrogen and oxygen atoms in total. The minimum absolute atomic E-state index is 0.218. The normalized spacial score (nSPS) is 17.2. The highest BCUT2D eigenvalue weighted by molar-refractivity contribution is 5.85. The number of aryl methyl sites for hydroxylation is 1. The lowest BCUT2D eigenvalue weighted by molar-refractivity contribution is 0.120. The number of hydrogen-bond donors (Lipinski definition) is 1. The molecule has 0 fully saturated rings. The summed E-state index contributed by atoms with van der Waals surface area (Å²) in [7, 11) is 0. The lowest BCUT2D eigenvalue weighted by atomic mass is 9.98. The van der Waals surface area contributed by atoms with Crippen molar-refractivity contribution >= 4 is 17.1 Å². The largest absolute Gasteiger partial charge is 0.344 e. The van der Waals surface area contributed by atoms with Crippen molar-refractivity contribution in [2.45, 2.75) is 59.2 Å². The van der Waals surface area contributed by atoms with E-state index in [0.29, 0.717) is 5.92 Å². The van der Waals surface area contributed by atoms with E-state index in [2.05, 4.69) is 61.4 Å². The van der Waals surface area contributed by atoms with Gasteiger partial charge >= 0.3 is 0 Å². The van der Waals surface area contributed by atoms with Gasteiger partial charge in [0.25, 0.3) is 0 Å². The fourth-order valence-corrected chi connectivity index (χ4v) is 3.65. The quantitative estimate of drug-likeness (QED) is 0.830. The Bertz CT molecular complexity index is 705. The number of para-hydroxylation sites is 1. The van der Waals surface area contributed by atoms with Crippen molar-refractivity contribution in [3.05, 3.63) is 35.5 Å². The second-order valence-electron chi connectivity index (χ2n) is 7.87. The first-order chi connectivity index (χ1) is 10.9. The highest BCUT2D eigenvalue weighted by atomic mass is 15.2. The van der Waals surface area contributed by atoms with Crippen molar-refractivity contribution in [1.82, 2.24) is 9.47 Å². The number of nitrogens with zero attached hydrogens (tertiary/aromatic N) is 2. The molecule has 1 aliphatic heterocycles. The van der Waals surface area contributed by atoms with Gasteiger partial charge in [-0.15, -0.1) is 0 Å². The van der Waals surface area contributed by atoms with Gasteiger partial charge in [0, 0.05) is 48.2 Å². The second-order valence-corrected chi connectivity index (χ2v) is 7.87. The smallest absolute Gasteiger partial charge is 0.0485 e. The van der Waals surface area contributed by atoms with Gasteiger partial charge < -0.3 is 9.98 Å². The summed E-state index contributed by atoms with van der Waals surface area (Å²) >= 11 is 0. The zero-order valence-electron chi connectivity index (χ0n) is 14.9.